The number of likely N-dealkylation sites (tertiary alicyclic amines) is 1. The standard InChI is InChI=1S/C16H24N2O3S/c1-13-7-10-18(11-8-13)16(19)6-9-17-22(20,21)15-5-3-4-14(2)12-15/h3-5,12-13,17H,6-11H2,1-2H3. The molecule has 1 heterocycles. The number of benzene rings is 1. The summed E-state index contributed by atoms with van der Waals surface area (Å²) < 4.78 is 26.8. The van der Waals surface area contributed by atoms with Crippen molar-refractivity contribution in [2.75, 3.05) is 19.6 Å². The van der Waals surface area contributed by atoms with Gasteiger partial charge in [0.05, 0.1) is 4.90 Å². The second kappa shape index (κ2) is 7.24. The fourth-order valence-electron chi connectivity index (χ4n) is 2.57. The van der Waals surface area contributed by atoms with Crippen molar-refractivity contribution in [3.05, 3.63) is 29.8 Å². The van der Waals surface area contributed by atoms with Crippen LogP contribution < -0.4 is 4.72 Å². The van der Waals surface area contributed by atoms with Gasteiger partial charge in [-0.3, -0.25) is 4.79 Å². The molecule has 0 atom stereocenters. The molecule has 0 spiro atoms. The molecule has 1 aliphatic rings. The van der Waals surface area contributed by atoms with E-state index >= 15 is 0 Å². The Morgan fingerprint density at radius 2 is 2.00 bits per heavy atom. The highest BCUT2D eigenvalue weighted by atomic mass is 32.2. The van der Waals surface area contributed by atoms with Crippen molar-refractivity contribution in [3.8, 4) is 0 Å². The lowest BCUT2D eigenvalue weighted by atomic mass is 9.99. The van der Waals surface area contributed by atoms with E-state index in [0.717, 1.165) is 31.5 Å². The molecule has 1 aliphatic heterocycles. The van der Waals surface area contributed by atoms with E-state index in [-0.39, 0.29) is 23.8 Å². The van der Waals surface area contributed by atoms with Gasteiger partial charge in [-0.2, -0.15) is 0 Å². The minimum Gasteiger partial charge on any atom is -0.343 e. The zero-order valence-corrected chi connectivity index (χ0v) is 14.0. The number of amides is 1. The minimum absolute atomic E-state index is 0.0267. The van der Waals surface area contributed by atoms with Crippen molar-refractivity contribution in [1.29, 1.82) is 0 Å². The summed E-state index contributed by atoms with van der Waals surface area (Å²) in [4.78, 5) is 14.1. The summed E-state index contributed by atoms with van der Waals surface area (Å²) in [6, 6.07) is 6.74. The summed E-state index contributed by atoms with van der Waals surface area (Å²) in [6.45, 7) is 5.74. The number of rotatable bonds is 5. The molecule has 0 aromatic heterocycles. The minimum atomic E-state index is -3.54. The Kier molecular flexibility index (Phi) is 5.58. The van der Waals surface area contributed by atoms with Crippen LogP contribution in [-0.4, -0.2) is 38.9 Å². The van der Waals surface area contributed by atoms with Crippen LogP contribution in [0.15, 0.2) is 29.2 Å². The Labute approximate surface area is 132 Å². The smallest absolute Gasteiger partial charge is 0.240 e. The third-order valence-electron chi connectivity index (χ3n) is 4.07. The van der Waals surface area contributed by atoms with Gasteiger partial charge in [-0.25, -0.2) is 13.1 Å². The van der Waals surface area contributed by atoms with Gasteiger partial charge in [0.2, 0.25) is 15.9 Å². The summed E-state index contributed by atoms with van der Waals surface area (Å²) in [5.74, 6) is 0.697. The molecule has 22 heavy (non-hydrogen) atoms. The van der Waals surface area contributed by atoms with Gasteiger partial charge in [-0.05, 0) is 43.4 Å². The maximum Gasteiger partial charge on any atom is 0.240 e. The molecule has 122 valence electrons. The quantitative estimate of drug-likeness (QED) is 0.900. The molecule has 0 saturated carbocycles. The molecule has 1 fully saturated rings. The molecule has 0 bridgehead atoms. The van der Waals surface area contributed by atoms with E-state index < -0.39 is 10.0 Å². The molecule has 5 nitrogen and oxygen atoms in total. The van der Waals surface area contributed by atoms with Crippen LogP contribution in [0.25, 0.3) is 0 Å². The normalized spacial score (nSPS) is 16.7. The first kappa shape index (κ1) is 17.0. The van der Waals surface area contributed by atoms with Crippen molar-refractivity contribution in [1.82, 2.24) is 9.62 Å². The molecule has 0 unspecified atom stereocenters. The van der Waals surface area contributed by atoms with Gasteiger partial charge >= 0.3 is 0 Å². The zero-order valence-electron chi connectivity index (χ0n) is 13.2. The van der Waals surface area contributed by atoms with Gasteiger partial charge in [0.15, 0.2) is 0 Å². The van der Waals surface area contributed by atoms with Crippen molar-refractivity contribution < 1.29 is 13.2 Å². The second-order valence-corrected chi connectivity index (χ2v) is 7.79. The van der Waals surface area contributed by atoms with Crippen LogP contribution in [0.4, 0.5) is 0 Å². The molecule has 0 radical (unpaired) electrons. The summed E-state index contributed by atoms with van der Waals surface area (Å²) in [5, 5.41) is 0. The molecular weight excluding hydrogens is 300 g/mol. The number of aryl methyl sites for hydroxylation is 1. The maximum atomic E-state index is 12.1. The molecule has 1 saturated heterocycles. The first-order valence-electron chi connectivity index (χ1n) is 7.72. The van der Waals surface area contributed by atoms with Crippen molar-refractivity contribution in [3.63, 3.8) is 0 Å². The zero-order chi connectivity index (χ0) is 16.2. The van der Waals surface area contributed by atoms with E-state index in [4.69, 9.17) is 0 Å². The lowest BCUT2D eigenvalue weighted by molar-refractivity contribution is -0.132. The van der Waals surface area contributed by atoms with Crippen molar-refractivity contribution in [2.24, 2.45) is 5.92 Å². The number of nitrogens with zero attached hydrogens (tertiary/aromatic N) is 1. The Morgan fingerprint density at radius 3 is 2.64 bits per heavy atom. The Bertz CT molecular complexity index is 620. The SMILES string of the molecule is Cc1cccc(S(=O)(=O)NCCC(=O)N2CCC(C)CC2)c1. The number of sulfonamides is 1. The number of hydrogen-bond donors (Lipinski definition) is 1. The average Bonchev–Trinajstić information content (AvgIpc) is 2.47. The molecule has 6 heteroatoms. The Balaban J connectivity index is 1.84. The lowest BCUT2D eigenvalue weighted by Crippen LogP contribution is -2.39. The van der Waals surface area contributed by atoms with E-state index in [1.54, 1.807) is 18.2 Å². The predicted octanol–water partition coefficient (Wildman–Crippen LogP) is 1.92. The Morgan fingerprint density at radius 1 is 1.32 bits per heavy atom. The topological polar surface area (TPSA) is 66.5 Å². The first-order chi connectivity index (χ1) is 10.4. The molecule has 2 rings (SSSR count). The highest BCUT2D eigenvalue weighted by Crippen LogP contribution is 2.16. The summed E-state index contributed by atoms with van der Waals surface area (Å²) >= 11 is 0. The second-order valence-electron chi connectivity index (χ2n) is 6.03. The monoisotopic (exact) mass is 324 g/mol. The van der Waals surface area contributed by atoms with Crippen LogP contribution in [0.5, 0.6) is 0 Å². The maximum absolute atomic E-state index is 12.1. The van der Waals surface area contributed by atoms with Crippen molar-refractivity contribution in [2.45, 2.75) is 38.0 Å². The van der Waals surface area contributed by atoms with Crippen LogP contribution in [0.2, 0.25) is 0 Å². The van der Waals surface area contributed by atoms with E-state index in [1.807, 2.05) is 17.9 Å². The molecule has 0 aliphatic carbocycles. The lowest BCUT2D eigenvalue weighted by Gasteiger charge is -2.30. The molecule has 1 amide bonds. The molecule has 1 aromatic rings. The van der Waals surface area contributed by atoms with Crippen LogP contribution in [0.3, 0.4) is 0 Å². The van der Waals surface area contributed by atoms with Gasteiger partial charge < -0.3 is 4.90 Å². The highest BCUT2D eigenvalue weighted by Gasteiger charge is 2.21. The molecular formula is C16H24N2O3S. The van der Waals surface area contributed by atoms with Gasteiger partial charge in [0.1, 0.15) is 0 Å². The number of nitrogens with one attached hydrogen (secondary N) is 1. The molecule has 1 N–H and O–H groups in total. The van der Waals surface area contributed by atoms with E-state index in [2.05, 4.69) is 11.6 Å². The van der Waals surface area contributed by atoms with Crippen LogP contribution in [-0.2, 0) is 14.8 Å². The number of carbonyl (C=O) groups is 1. The third-order valence-corrected chi connectivity index (χ3v) is 5.53. The van der Waals surface area contributed by atoms with Gasteiger partial charge in [-0.15, -0.1) is 0 Å². The van der Waals surface area contributed by atoms with Crippen molar-refractivity contribution >= 4 is 15.9 Å². The summed E-state index contributed by atoms with van der Waals surface area (Å²) in [7, 11) is -3.54. The average molecular weight is 324 g/mol. The fraction of sp³-hybridized carbons (Fsp3) is 0.562. The third kappa shape index (κ3) is 4.55. The number of hydrogen-bond acceptors (Lipinski definition) is 3. The predicted molar refractivity (Wildman–Crippen MR) is 86.0 cm³/mol. The Hall–Kier alpha value is -1.40. The van der Waals surface area contributed by atoms with Crippen LogP contribution in [0, 0.1) is 12.8 Å². The largest absolute Gasteiger partial charge is 0.343 e. The first-order valence-corrected chi connectivity index (χ1v) is 9.21. The van der Waals surface area contributed by atoms with Gasteiger partial charge in [0, 0.05) is 26.1 Å². The van der Waals surface area contributed by atoms with E-state index in [9.17, 15) is 13.2 Å². The van der Waals surface area contributed by atoms with Crippen LogP contribution in [0.1, 0.15) is 31.7 Å². The van der Waals surface area contributed by atoms with Gasteiger partial charge in [0.25, 0.3) is 0 Å². The number of carbonyl (C=O) groups excluding carboxylic acids is 1. The van der Waals surface area contributed by atoms with E-state index in [0.29, 0.717) is 5.92 Å². The van der Waals surface area contributed by atoms with E-state index in [1.165, 1.54) is 0 Å². The highest BCUT2D eigenvalue weighted by molar-refractivity contribution is 7.89. The van der Waals surface area contributed by atoms with Crippen LogP contribution >= 0.6 is 0 Å². The number of piperidine rings is 1. The fourth-order valence-corrected chi connectivity index (χ4v) is 3.71. The van der Waals surface area contributed by atoms with Gasteiger partial charge in [-0.1, -0.05) is 19.1 Å². The summed E-state index contributed by atoms with van der Waals surface area (Å²) in [5.41, 5.74) is 0.890. The molecule has 1 aromatic carbocycles. The summed E-state index contributed by atoms with van der Waals surface area (Å²) in [6.07, 6.45) is 2.26.